The predicted octanol–water partition coefficient (Wildman–Crippen LogP) is 3.25. The third-order valence-corrected chi connectivity index (χ3v) is 4.89. The zero-order valence-corrected chi connectivity index (χ0v) is 12.8. The summed E-state index contributed by atoms with van der Waals surface area (Å²) < 4.78 is 4.76. The Morgan fingerprint density at radius 2 is 2.26 bits per heavy atom. The van der Waals surface area contributed by atoms with Crippen molar-refractivity contribution in [1.82, 2.24) is 4.98 Å². The zero-order valence-electron chi connectivity index (χ0n) is 11.9. The second kappa shape index (κ2) is 6.37. The summed E-state index contributed by atoms with van der Waals surface area (Å²) in [4.78, 5) is 19.3. The Morgan fingerprint density at radius 3 is 2.95 bits per heavy atom. The van der Waals surface area contributed by atoms with Crippen molar-refractivity contribution in [2.45, 2.75) is 39.5 Å². The third kappa shape index (κ3) is 3.26. The monoisotopic (exact) mass is 282 g/mol. The number of carbonyl (C=O) groups is 1. The van der Waals surface area contributed by atoms with E-state index in [-0.39, 0.29) is 5.97 Å². The molecule has 0 saturated carbocycles. The molecule has 0 aromatic carbocycles. The number of anilines is 1. The molecule has 0 N–H and O–H groups in total. The minimum atomic E-state index is -0.332. The van der Waals surface area contributed by atoms with Crippen LogP contribution < -0.4 is 4.90 Å². The minimum absolute atomic E-state index is 0.332. The molecule has 19 heavy (non-hydrogen) atoms. The van der Waals surface area contributed by atoms with Crippen LogP contribution in [0.1, 0.15) is 48.0 Å². The van der Waals surface area contributed by atoms with Gasteiger partial charge in [0.25, 0.3) is 0 Å². The van der Waals surface area contributed by atoms with Gasteiger partial charge in [-0.25, -0.2) is 9.78 Å². The molecule has 1 aliphatic rings. The molecule has 0 bridgehead atoms. The third-order valence-electron chi connectivity index (χ3n) is 3.86. The Kier molecular flexibility index (Phi) is 4.80. The van der Waals surface area contributed by atoms with E-state index in [4.69, 9.17) is 4.74 Å². The Hall–Kier alpha value is -1.10. The highest BCUT2D eigenvalue weighted by Gasteiger charge is 2.21. The van der Waals surface area contributed by atoms with Gasteiger partial charge in [-0.15, -0.1) is 11.3 Å². The van der Waals surface area contributed by atoms with Crippen molar-refractivity contribution in [3.8, 4) is 0 Å². The maximum Gasteiger partial charge on any atom is 0.357 e. The number of aromatic nitrogens is 1. The van der Waals surface area contributed by atoms with Crippen LogP contribution in [0.3, 0.4) is 0 Å². The SMILES string of the molecule is CCC1CCCN(c2nc(C(=O)OC)c(C)s2)CC1. The smallest absolute Gasteiger partial charge is 0.357 e. The maximum absolute atomic E-state index is 11.6. The van der Waals surface area contributed by atoms with Crippen molar-refractivity contribution < 1.29 is 9.53 Å². The highest BCUT2D eigenvalue weighted by molar-refractivity contribution is 7.15. The summed E-state index contributed by atoms with van der Waals surface area (Å²) in [5.41, 5.74) is 0.471. The van der Waals surface area contributed by atoms with E-state index in [0.29, 0.717) is 5.69 Å². The first-order chi connectivity index (χ1) is 9.15. The van der Waals surface area contributed by atoms with Crippen LogP contribution in [0.5, 0.6) is 0 Å². The van der Waals surface area contributed by atoms with E-state index in [1.165, 1.54) is 32.8 Å². The van der Waals surface area contributed by atoms with Gasteiger partial charge in [-0.2, -0.15) is 0 Å². The van der Waals surface area contributed by atoms with Gasteiger partial charge in [0.1, 0.15) is 0 Å². The van der Waals surface area contributed by atoms with Crippen molar-refractivity contribution in [2.75, 3.05) is 25.1 Å². The second-order valence-corrected chi connectivity index (χ2v) is 6.27. The van der Waals surface area contributed by atoms with Crippen LogP contribution in [-0.4, -0.2) is 31.2 Å². The summed E-state index contributed by atoms with van der Waals surface area (Å²) in [7, 11) is 1.40. The number of rotatable bonds is 3. The lowest BCUT2D eigenvalue weighted by atomic mass is 9.98. The number of nitrogens with zero attached hydrogens (tertiary/aromatic N) is 2. The first-order valence-electron chi connectivity index (χ1n) is 6.96. The standard InChI is InChI=1S/C14H22N2O2S/c1-4-11-6-5-8-16(9-7-11)14-15-12(10(2)19-14)13(17)18-3/h11H,4-9H2,1-3H3. The first kappa shape index (κ1) is 14.3. The fourth-order valence-corrected chi connectivity index (χ4v) is 3.52. The molecule has 0 aliphatic carbocycles. The zero-order chi connectivity index (χ0) is 13.8. The molecule has 1 aliphatic heterocycles. The lowest BCUT2D eigenvalue weighted by molar-refractivity contribution is 0.0594. The molecule has 0 spiro atoms. The van der Waals surface area contributed by atoms with E-state index in [2.05, 4.69) is 16.8 Å². The predicted molar refractivity (Wildman–Crippen MR) is 78.0 cm³/mol. The molecule has 2 rings (SSSR count). The molecule has 1 aromatic rings. The molecular weight excluding hydrogens is 260 g/mol. The summed E-state index contributed by atoms with van der Waals surface area (Å²) >= 11 is 1.60. The van der Waals surface area contributed by atoms with Crippen LogP contribution in [0.25, 0.3) is 0 Å². The van der Waals surface area contributed by atoms with E-state index in [1.54, 1.807) is 11.3 Å². The van der Waals surface area contributed by atoms with Gasteiger partial charge in [0.05, 0.1) is 7.11 Å². The fourth-order valence-electron chi connectivity index (χ4n) is 2.57. The largest absolute Gasteiger partial charge is 0.464 e. The number of aryl methyl sites for hydroxylation is 1. The fraction of sp³-hybridized carbons (Fsp3) is 0.714. The van der Waals surface area contributed by atoms with Gasteiger partial charge >= 0.3 is 5.97 Å². The molecule has 1 unspecified atom stereocenters. The molecule has 5 heteroatoms. The van der Waals surface area contributed by atoms with Gasteiger partial charge in [-0.05, 0) is 32.1 Å². The number of thiazole rings is 1. The van der Waals surface area contributed by atoms with E-state index in [1.807, 2.05) is 6.92 Å². The quantitative estimate of drug-likeness (QED) is 0.798. The van der Waals surface area contributed by atoms with Crippen molar-refractivity contribution in [3.63, 3.8) is 0 Å². The lowest BCUT2D eigenvalue weighted by Gasteiger charge is -2.19. The molecule has 106 valence electrons. The Balaban J connectivity index is 2.11. The molecule has 4 nitrogen and oxygen atoms in total. The topological polar surface area (TPSA) is 42.4 Å². The number of hydrogen-bond acceptors (Lipinski definition) is 5. The Morgan fingerprint density at radius 1 is 1.47 bits per heavy atom. The molecule has 1 aromatic heterocycles. The summed E-state index contributed by atoms with van der Waals surface area (Å²) in [6.07, 6.45) is 5.01. The summed E-state index contributed by atoms with van der Waals surface area (Å²) in [6, 6.07) is 0. The molecular formula is C14H22N2O2S. The first-order valence-corrected chi connectivity index (χ1v) is 7.78. The number of esters is 1. The van der Waals surface area contributed by atoms with E-state index >= 15 is 0 Å². The van der Waals surface area contributed by atoms with Crippen molar-refractivity contribution in [2.24, 2.45) is 5.92 Å². The van der Waals surface area contributed by atoms with E-state index < -0.39 is 0 Å². The number of methoxy groups -OCH3 is 1. The Bertz CT molecular complexity index is 445. The lowest BCUT2D eigenvalue weighted by Crippen LogP contribution is -2.24. The normalized spacial score (nSPS) is 20.2. The van der Waals surface area contributed by atoms with Gasteiger partial charge in [0.2, 0.25) is 0 Å². The highest BCUT2D eigenvalue weighted by atomic mass is 32.1. The van der Waals surface area contributed by atoms with Gasteiger partial charge in [-0.1, -0.05) is 13.3 Å². The number of hydrogen-bond donors (Lipinski definition) is 0. The maximum atomic E-state index is 11.6. The molecule has 1 saturated heterocycles. The molecule has 1 atom stereocenters. The molecule has 0 radical (unpaired) electrons. The average molecular weight is 282 g/mol. The van der Waals surface area contributed by atoms with Crippen LogP contribution >= 0.6 is 11.3 Å². The van der Waals surface area contributed by atoms with Crippen LogP contribution in [-0.2, 0) is 4.74 Å². The summed E-state index contributed by atoms with van der Waals surface area (Å²) in [5, 5.41) is 0.967. The summed E-state index contributed by atoms with van der Waals surface area (Å²) in [5.74, 6) is 0.507. The van der Waals surface area contributed by atoms with Gasteiger partial charge < -0.3 is 9.64 Å². The van der Waals surface area contributed by atoms with Gasteiger partial charge in [0, 0.05) is 18.0 Å². The Labute approximate surface area is 118 Å². The molecule has 2 heterocycles. The average Bonchev–Trinajstić information content (AvgIpc) is 2.66. The second-order valence-electron chi connectivity index (χ2n) is 5.09. The summed E-state index contributed by atoms with van der Waals surface area (Å²) in [6.45, 7) is 6.29. The van der Waals surface area contributed by atoms with Crippen LogP contribution in [0, 0.1) is 12.8 Å². The molecule has 1 fully saturated rings. The van der Waals surface area contributed by atoms with E-state index in [0.717, 1.165) is 29.0 Å². The molecule has 0 amide bonds. The van der Waals surface area contributed by atoms with Gasteiger partial charge in [0.15, 0.2) is 10.8 Å². The number of carbonyl (C=O) groups excluding carboxylic acids is 1. The van der Waals surface area contributed by atoms with Crippen LogP contribution in [0.2, 0.25) is 0 Å². The highest BCUT2D eigenvalue weighted by Crippen LogP contribution is 2.29. The number of ether oxygens (including phenoxy) is 1. The van der Waals surface area contributed by atoms with Gasteiger partial charge in [-0.3, -0.25) is 0 Å². The van der Waals surface area contributed by atoms with Crippen molar-refractivity contribution >= 4 is 22.4 Å². The minimum Gasteiger partial charge on any atom is -0.464 e. The van der Waals surface area contributed by atoms with Crippen molar-refractivity contribution in [1.29, 1.82) is 0 Å². The van der Waals surface area contributed by atoms with Crippen LogP contribution in [0.15, 0.2) is 0 Å². The van der Waals surface area contributed by atoms with E-state index in [9.17, 15) is 4.79 Å². The van der Waals surface area contributed by atoms with Crippen molar-refractivity contribution in [3.05, 3.63) is 10.6 Å². The van der Waals surface area contributed by atoms with Crippen LogP contribution in [0.4, 0.5) is 5.13 Å².